The Morgan fingerprint density at radius 3 is 2.94 bits per heavy atom. The monoisotopic (exact) mass is 269 g/mol. The summed E-state index contributed by atoms with van der Waals surface area (Å²) < 4.78 is 42.8. The second kappa shape index (κ2) is 6.07. The summed E-state index contributed by atoms with van der Waals surface area (Å²) in [6.45, 7) is 3.23. The highest BCUT2D eigenvalue weighted by Gasteiger charge is 2.37. The largest absolute Gasteiger partial charge is 0.386 e. The highest BCUT2D eigenvalue weighted by atomic mass is 31.2. The minimum Gasteiger partial charge on any atom is -0.386 e. The molecule has 0 bridgehead atoms. The number of aliphatic hydroxyl groups is 1. The first kappa shape index (κ1) is 13.2. The highest BCUT2D eigenvalue weighted by molar-refractivity contribution is 7.61. The van der Waals surface area contributed by atoms with Gasteiger partial charge in [0.05, 0.1) is 14.1 Å². The average molecular weight is 269 g/mol. The van der Waals surface area contributed by atoms with E-state index in [-0.39, 0.29) is 18.8 Å². The van der Waals surface area contributed by atoms with Gasteiger partial charge in [-0.1, -0.05) is 0 Å². The predicted molar refractivity (Wildman–Crippen MR) is 60.7 cm³/mol. The van der Waals surface area contributed by atoms with Crippen LogP contribution in [0, 0.1) is 0 Å². The number of hydrogen-bond acceptors (Lipinski definition) is 4. The third-order valence-corrected chi connectivity index (χ3v) is 3.12. The summed E-state index contributed by atoms with van der Waals surface area (Å²) in [4.78, 5) is 9.21. The van der Waals surface area contributed by atoms with Gasteiger partial charge in [0.1, 0.15) is 18.6 Å². The molecule has 1 aliphatic heterocycles. The van der Waals surface area contributed by atoms with E-state index < -0.39 is 32.1 Å². The molecule has 1 unspecified atom stereocenters. The summed E-state index contributed by atoms with van der Waals surface area (Å²) in [6, 6.07) is -0.347. The number of halogens is 1. The van der Waals surface area contributed by atoms with Crippen molar-refractivity contribution < 1.29 is 29.8 Å². The predicted octanol–water partition coefficient (Wildman–Crippen LogP) is 1.25. The molecule has 1 rings (SSSR count). The van der Waals surface area contributed by atoms with Crippen LogP contribution in [0.25, 0.3) is 0 Å². The fourth-order valence-electron chi connectivity index (χ4n) is 1.42. The molecule has 0 aliphatic carbocycles. The molecule has 1 heterocycles. The van der Waals surface area contributed by atoms with Gasteiger partial charge < -0.3 is 19.5 Å². The van der Waals surface area contributed by atoms with Crippen LogP contribution in [-0.2, 0) is 14.0 Å². The normalized spacial score (nSPS) is 34.8. The maximum atomic E-state index is 13.5. The van der Waals surface area contributed by atoms with Crippen molar-refractivity contribution in [2.24, 2.45) is 0 Å². The van der Waals surface area contributed by atoms with E-state index in [2.05, 4.69) is 0 Å². The van der Waals surface area contributed by atoms with Crippen molar-refractivity contribution in [1.29, 1.82) is 0 Å². The third kappa shape index (κ3) is 4.48. The third-order valence-electron chi connectivity index (χ3n) is 2.16. The topological polar surface area (TPSA) is 76.0 Å². The zero-order valence-corrected chi connectivity index (χ0v) is 10.6. The van der Waals surface area contributed by atoms with Crippen molar-refractivity contribution in [2.45, 2.75) is 38.3 Å². The smallest absolute Gasteiger partial charge is 0.246 e. The van der Waals surface area contributed by atoms with Gasteiger partial charge in [0.2, 0.25) is 7.37 Å². The van der Waals surface area contributed by atoms with E-state index in [1.807, 2.05) is 0 Å². The summed E-state index contributed by atoms with van der Waals surface area (Å²) in [5, 5.41) is 8.66. The Balaban J connectivity index is 2.84. The summed E-state index contributed by atoms with van der Waals surface area (Å²) in [6.07, 6.45) is -4.57. The van der Waals surface area contributed by atoms with Crippen molar-refractivity contribution >= 4 is 7.37 Å². The van der Waals surface area contributed by atoms with Gasteiger partial charge in [0.25, 0.3) is 0 Å². The van der Waals surface area contributed by atoms with Crippen LogP contribution in [0.2, 0.25) is 0 Å². The van der Waals surface area contributed by atoms with E-state index in [4.69, 9.17) is 16.0 Å². The summed E-state index contributed by atoms with van der Waals surface area (Å²) in [5.74, 6) is 0.715. The molecular formula is C10H18FO5P. The Morgan fingerprint density at radius 2 is 2.41 bits per heavy atom. The Labute approximate surface area is 101 Å². The minimum absolute atomic E-state index is 0.215. The lowest BCUT2D eigenvalue weighted by atomic mass is 10.1. The molecular weight excluding hydrogens is 250 g/mol. The van der Waals surface area contributed by atoms with Crippen LogP contribution in [0.15, 0.2) is 11.9 Å². The zero-order valence-electron chi connectivity index (χ0n) is 10.7. The quantitative estimate of drug-likeness (QED) is 0.735. The van der Waals surface area contributed by atoms with Gasteiger partial charge >= 0.3 is 0 Å². The van der Waals surface area contributed by atoms with Crippen molar-refractivity contribution in [3.8, 4) is 0 Å². The molecule has 0 aromatic heterocycles. The second-order valence-electron chi connectivity index (χ2n) is 4.11. The Kier molecular flexibility index (Phi) is 4.70. The molecule has 1 fully saturated rings. The van der Waals surface area contributed by atoms with Gasteiger partial charge in [-0.3, -0.25) is 4.57 Å². The standard InChI is InChI=1S/C10H18FO5P/c1-7(2)16-10-8(11)5-15-9(10)3-4-17(13,14)6-12/h3-4,7-10,12H,5-6H2,1-2H3,(H,13,14)/b4-3+/t8-,9+,10-/m0/s1/i3D. The molecule has 0 spiro atoms. The van der Waals surface area contributed by atoms with Crippen molar-refractivity contribution in [1.82, 2.24) is 0 Å². The van der Waals surface area contributed by atoms with Crippen LogP contribution in [-0.4, -0.2) is 47.4 Å². The van der Waals surface area contributed by atoms with E-state index in [1.165, 1.54) is 0 Å². The van der Waals surface area contributed by atoms with Crippen LogP contribution in [0.3, 0.4) is 0 Å². The molecule has 7 heteroatoms. The van der Waals surface area contributed by atoms with E-state index in [9.17, 15) is 13.8 Å². The van der Waals surface area contributed by atoms with E-state index in [1.54, 1.807) is 13.8 Å². The molecule has 1 saturated heterocycles. The number of ether oxygens (including phenoxy) is 2. The Bertz CT molecular complexity index is 362. The second-order valence-corrected chi connectivity index (χ2v) is 6.16. The molecule has 100 valence electrons. The van der Waals surface area contributed by atoms with Gasteiger partial charge in [-0.05, 0) is 19.9 Å². The first-order valence-corrected chi connectivity index (χ1v) is 7.21. The summed E-state index contributed by atoms with van der Waals surface area (Å²) >= 11 is 0. The van der Waals surface area contributed by atoms with Crippen LogP contribution in [0.4, 0.5) is 4.39 Å². The Morgan fingerprint density at radius 1 is 1.76 bits per heavy atom. The van der Waals surface area contributed by atoms with E-state index >= 15 is 0 Å². The van der Waals surface area contributed by atoms with Gasteiger partial charge in [0, 0.05) is 5.82 Å². The maximum absolute atomic E-state index is 13.5. The highest BCUT2D eigenvalue weighted by Crippen LogP contribution is 2.41. The molecule has 4 atom stereocenters. The fraction of sp³-hybridized carbons (Fsp3) is 0.800. The number of alkyl halides is 1. The van der Waals surface area contributed by atoms with Crippen molar-refractivity contribution in [3.05, 3.63) is 11.9 Å². The van der Waals surface area contributed by atoms with E-state index in [0.29, 0.717) is 5.82 Å². The number of aliphatic hydroxyl groups excluding tert-OH is 1. The number of rotatable bonds is 5. The van der Waals surface area contributed by atoms with Gasteiger partial charge in [-0.2, -0.15) is 0 Å². The first-order chi connectivity index (χ1) is 8.26. The first-order valence-electron chi connectivity index (χ1n) is 5.79. The lowest BCUT2D eigenvalue weighted by Gasteiger charge is -2.20. The summed E-state index contributed by atoms with van der Waals surface area (Å²) in [7, 11) is -3.91. The van der Waals surface area contributed by atoms with Gasteiger partial charge in [-0.15, -0.1) is 0 Å². The molecule has 0 saturated carbocycles. The SMILES string of the molecule is [2H]/C(=C\P(=O)(O)CO)[C@H]1OC[C@H](F)[C@@H]1OC(C)C. The molecule has 5 nitrogen and oxygen atoms in total. The number of hydrogen-bond donors (Lipinski definition) is 2. The van der Waals surface area contributed by atoms with Crippen LogP contribution >= 0.6 is 7.37 Å². The van der Waals surface area contributed by atoms with Crippen LogP contribution < -0.4 is 0 Å². The molecule has 17 heavy (non-hydrogen) atoms. The van der Waals surface area contributed by atoms with Gasteiger partial charge in [0.15, 0.2) is 6.17 Å². The molecule has 0 amide bonds. The van der Waals surface area contributed by atoms with E-state index in [0.717, 1.165) is 0 Å². The molecule has 2 N–H and O–H groups in total. The van der Waals surface area contributed by atoms with Crippen LogP contribution in [0.1, 0.15) is 15.2 Å². The average Bonchev–Trinajstić information content (AvgIpc) is 2.59. The van der Waals surface area contributed by atoms with Gasteiger partial charge in [-0.25, -0.2) is 4.39 Å². The Hall–Kier alpha value is -0.260. The summed E-state index contributed by atoms with van der Waals surface area (Å²) in [5.41, 5.74) is 0. The minimum atomic E-state index is -3.91. The lowest BCUT2D eigenvalue weighted by Crippen LogP contribution is -2.32. The molecule has 0 aromatic rings. The van der Waals surface area contributed by atoms with Crippen molar-refractivity contribution in [3.63, 3.8) is 0 Å². The van der Waals surface area contributed by atoms with Crippen LogP contribution in [0.5, 0.6) is 0 Å². The molecule has 0 aromatic carbocycles. The molecule has 1 aliphatic rings. The fourth-order valence-corrected chi connectivity index (χ4v) is 1.88. The van der Waals surface area contributed by atoms with Crippen molar-refractivity contribution in [2.75, 3.05) is 13.0 Å². The lowest BCUT2D eigenvalue weighted by molar-refractivity contribution is -0.0385. The zero-order chi connectivity index (χ0) is 13.9. The molecule has 0 radical (unpaired) electrons. The maximum Gasteiger partial charge on any atom is 0.246 e.